The molecule has 0 fully saturated rings. The minimum absolute atomic E-state index is 0.0718. The lowest BCUT2D eigenvalue weighted by Crippen LogP contribution is -2.01. The number of nitrogens with zero attached hydrogens (tertiary/aromatic N) is 1. The molecule has 0 atom stereocenters. The number of carboxylic acid groups (broad SMARTS) is 1. The van der Waals surface area contributed by atoms with Gasteiger partial charge in [-0.2, -0.15) is 0 Å². The molecule has 0 spiro atoms. The van der Waals surface area contributed by atoms with Crippen molar-refractivity contribution in [1.82, 2.24) is 4.98 Å². The van der Waals surface area contributed by atoms with Crippen LogP contribution in [0.2, 0.25) is 0 Å². The van der Waals surface area contributed by atoms with Gasteiger partial charge in [0.1, 0.15) is 5.82 Å². The Morgan fingerprint density at radius 2 is 2.06 bits per heavy atom. The number of carboxylic acids is 1. The summed E-state index contributed by atoms with van der Waals surface area (Å²) in [7, 11) is 0. The van der Waals surface area contributed by atoms with Gasteiger partial charge in [0, 0.05) is 23.5 Å². The zero-order valence-electron chi connectivity index (χ0n) is 9.14. The van der Waals surface area contributed by atoms with E-state index in [-0.39, 0.29) is 5.56 Å². The van der Waals surface area contributed by atoms with Gasteiger partial charge in [-0.3, -0.25) is 4.98 Å². The zero-order valence-corrected chi connectivity index (χ0v) is 9.14. The molecule has 2 rings (SSSR count). The number of aromatic nitrogens is 1. The highest BCUT2D eigenvalue weighted by atomic mass is 19.1. The number of hydrogen-bond donors (Lipinski definition) is 1. The Morgan fingerprint density at radius 1 is 1.29 bits per heavy atom. The second-order valence-electron chi connectivity index (χ2n) is 3.69. The van der Waals surface area contributed by atoms with Crippen molar-refractivity contribution in [2.24, 2.45) is 0 Å². The fourth-order valence-corrected chi connectivity index (χ4v) is 1.67. The van der Waals surface area contributed by atoms with Crippen molar-refractivity contribution in [1.29, 1.82) is 0 Å². The van der Waals surface area contributed by atoms with Crippen LogP contribution < -0.4 is 0 Å². The fourth-order valence-electron chi connectivity index (χ4n) is 1.67. The maximum Gasteiger partial charge on any atom is 0.336 e. The van der Waals surface area contributed by atoms with Gasteiger partial charge in [-0.25, -0.2) is 9.18 Å². The first-order valence-corrected chi connectivity index (χ1v) is 5.03. The summed E-state index contributed by atoms with van der Waals surface area (Å²) < 4.78 is 13.2. The summed E-state index contributed by atoms with van der Waals surface area (Å²) in [5, 5.41) is 9.07. The van der Waals surface area contributed by atoms with E-state index in [1.54, 1.807) is 12.3 Å². The van der Waals surface area contributed by atoms with Crippen molar-refractivity contribution in [2.75, 3.05) is 0 Å². The van der Waals surface area contributed by atoms with E-state index in [1.165, 1.54) is 18.3 Å². The van der Waals surface area contributed by atoms with Crippen LogP contribution in [0.25, 0.3) is 11.1 Å². The minimum Gasteiger partial charge on any atom is -0.478 e. The van der Waals surface area contributed by atoms with Gasteiger partial charge in [0.25, 0.3) is 0 Å². The molecule has 0 aliphatic heterocycles. The molecule has 2 aromatic rings. The topological polar surface area (TPSA) is 50.2 Å². The van der Waals surface area contributed by atoms with Gasteiger partial charge in [0.05, 0.1) is 5.56 Å². The van der Waals surface area contributed by atoms with Gasteiger partial charge >= 0.3 is 5.97 Å². The summed E-state index contributed by atoms with van der Waals surface area (Å²) in [4.78, 5) is 15.0. The molecule has 17 heavy (non-hydrogen) atoms. The molecule has 1 N–H and O–H groups in total. The van der Waals surface area contributed by atoms with Gasteiger partial charge in [-0.15, -0.1) is 0 Å². The van der Waals surface area contributed by atoms with E-state index in [0.29, 0.717) is 11.1 Å². The molecule has 1 aromatic heterocycles. The van der Waals surface area contributed by atoms with Crippen LogP contribution in [0.1, 0.15) is 15.9 Å². The Hall–Kier alpha value is -2.23. The van der Waals surface area contributed by atoms with E-state index in [1.807, 2.05) is 6.92 Å². The number of hydrogen-bond acceptors (Lipinski definition) is 2. The maximum atomic E-state index is 13.2. The van der Waals surface area contributed by atoms with Crippen LogP contribution in [-0.2, 0) is 0 Å². The highest BCUT2D eigenvalue weighted by molar-refractivity contribution is 5.96. The Labute approximate surface area is 97.6 Å². The smallest absolute Gasteiger partial charge is 0.336 e. The monoisotopic (exact) mass is 231 g/mol. The van der Waals surface area contributed by atoms with Gasteiger partial charge in [-0.05, 0) is 36.8 Å². The second-order valence-corrected chi connectivity index (χ2v) is 3.69. The number of aryl methyl sites for hydroxylation is 1. The van der Waals surface area contributed by atoms with Crippen LogP contribution >= 0.6 is 0 Å². The summed E-state index contributed by atoms with van der Waals surface area (Å²) in [6.45, 7) is 1.83. The van der Waals surface area contributed by atoms with Crippen molar-refractivity contribution in [2.45, 2.75) is 6.92 Å². The summed E-state index contributed by atoms with van der Waals surface area (Å²) in [5.74, 6) is -1.54. The average molecular weight is 231 g/mol. The third kappa shape index (κ3) is 2.15. The lowest BCUT2D eigenvalue weighted by atomic mass is 9.98. The predicted octanol–water partition coefficient (Wildman–Crippen LogP) is 2.89. The molecule has 0 radical (unpaired) electrons. The fraction of sp³-hybridized carbons (Fsp3) is 0.0769. The molecule has 1 heterocycles. The van der Waals surface area contributed by atoms with E-state index < -0.39 is 11.8 Å². The Bertz CT molecular complexity index is 581. The lowest BCUT2D eigenvalue weighted by Gasteiger charge is -2.08. The van der Waals surface area contributed by atoms with Crippen LogP contribution in [0.4, 0.5) is 4.39 Å². The van der Waals surface area contributed by atoms with Crippen molar-refractivity contribution in [3.05, 3.63) is 53.6 Å². The third-order valence-electron chi connectivity index (χ3n) is 2.54. The molecule has 86 valence electrons. The number of pyridine rings is 1. The Balaban J connectivity index is 2.70. The first-order valence-electron chi connectivity index (χ1n) is 5.03. The Kier molecular flexibility index (Phi) is 2.87. The van der Waals surface area contributed by atoms with Crippen LogP contribution in [0.5, 0.6) is 0 Å². The van der Waals surface area contributed by atoms with Crippen LogP contribution in [0.15, 0.2) is 36.7 Å². The van der Waals surface area contributed by atoms with Crippen molar-refractivity contribution in [3.8, 4) is 11.1 Å². The minimum atomic E-state index is -1.08. The largest absolute Gasteiger partial charge is 0.478 e. The van der Waals surface area contributed by atoms with Gasteiger partial charge in [0.15, 0.2) is 0 Å². The van der Waals surface area contributed by atoms with Crippen molar-refractivity contribution < 1.29 is 14.3 Å². The third-order valence-corrected chi connectivity index (χ3v) is 2.54. The molecule has 0 saturated carbocycles. The standard InChI is InChI=1S/C13H10FNO2/c1-8-4-5-15-7-12(8)11-6-9(14)2-3-10(11)13(16)17/h2-7H,1H3,(H,16,17). The van der Waals surface area contributed by atoms with E-state index in [9.17, 15) is 9.18 Å². The summed E-state index contributed by atoms with van der Waals surface area (Å²) >= 11 is 0. The highest BCUT2D eigenvalue weighted by Crippen LogP contribution is 2.26. The van der Waals surface area contributed by atoms with E-state index in [4.69, 9.17) is 5.11 Å². The van der Waals surface area contributed by atoms with E-state index in [2.05, 4.69) is 4.98 Å². The zero-order chi connectivity index (χ0) is 12.4. The van der Waals surface area contributed by atoms with Crippen LogP contribution in [0.3, 0.4) is 0 Å². The molecule has 4 heteroatoms. The molecule has 0 saturated heterocycles. The molecule has 0 bridgehead atoms. The Morgan fingerprint density at radius 3 is 2.71 bits per heavy atom. The summed E-state index contributed by atoms with van der Waals surface area (Å²) in [6, 6.07) is 5.37. The van der Waals surface area contributed by atoms with Gasteiger partial charge < -0.3 is 5.11 Å². The molecule has 0 aliphatic rings. The number of halogens is 1. The molecule has 0 amide bonds. The van der Waals surface area contributed by atoms with Crippen molar-refractivity contribution >= 4 is 5.97 Å². The number of benzene rings is 1. The van der Waals surface area contributed by atoms with E-state index in [0.717, 1.165) is 11.6 Å². The number of carbonyl (C=O) groups is 1. The summed E-state index contributed by atoms with van der Waals surface area (Å²) in [6.07, 6.45) is 3.15. The van der Waals surface area contributed by atoms with Gasteiger partial charge in [-0.1, -0.05) is 0 Å². The number of rotatable bonds is 2. The molecule has 3 nitrogen and oxygen atoms in total. The first-order chi connectivity index (χ1) is 8.09. The predicted molar refractivity (Wildman–Crippen MR) is 61.3 cm³/mol. The van der Waals surface area contributed by atoms with Crippen molar-refractivity contribution in [3.63, 3.8) is 0 Å². The van der Waals surface area contributed by atoms with Crippen LogP contribution in [-0.4, -0.2) is 16.1 Å². The quantitative estimate of drug-likeness (QED) is 0.864. The van der Waals surface area contributed by atoms with Gasteiger partial charge in [0.2, 0.25) is 0 Å². The molecule has 1 aromatic carbocycles. The van der Waals surface area contributed by atoms with E-state index >= 15 is 0 Å². The SMILES string of the molecule is Cc1ccncc1-c1cc(F)ccc1C(=O)O. The summed E-state index contributed by atoms with van der Waals surface area (Å²) in [5.41, 5.74) is 1.91. The molecular weight excluding hydrogens is 221 g/mol. The maximum absolute atomic E-state index is 13.2. The average Bonchev–Trinajstić information content (AvgIpc) is 2.29. The molecule has 0 aliphatic carbocycles. The van der Waals surface area contributed by atoms with Crippen LogP contribution in [0, 0.1) is 12.7 Å². The second kappa shape index (κ2) is 4.33. The molecule has 0 unspecified atom stereocenters. The molecular formula is C13H10FNO2. The number of aromatic carboxylic acids is 1. The lowest BCUT2D eigenvalue weighted by molar-refractivity contribution is 0.0697. The highest BCUT2D eigenvalue weighted by Gasteiger charge is 2.14. The normalized spacial score (nSPS) is 10.2. The first kappa shape index (κ1) is 11.3.